The minimum absolute atomic E-state index is 0.144. The van der Waals surface area contributed by atoms with Crippen LogP contribution in [0.15, 0.2) is 0 Å². The molecule has 0 aliphatic heterocycles. The summed E-state index contributed by atoms with van der Waals surface area (Å²) in [5.74, 6) is -0.912. The molecule has 0 amide bonds. The van der Waals surface area contributed by atoms with E-state index in [2.05, 4.69) is 6.92 Å². The Morgan fingerprint density at radius 1 is 0.654 bits per heavy atom. The highest BCUT2D eigenvalue weighted by molar-refractivity contribution is 5.79. The predicted octanol–water partition coefficient (Wildman–Crippen LogP) is 6.21. The van der Waals surface area contributed by atoms with E-state index in [-0.39, 0.29) is 24.3 Å². The minimum Gasteiger partial charge on any atom is -0.466 e. The van der Waals surface area contributed by atoms with Crippen LogP contribution in [0.25, 0.3) is 0 Å². The van der Waals surface area contributed by atoms with Crippen molar-refractivity contribution in [3.05, 3.63) is 0 Å². The first-order valence-electron chi connectivity index (χ1n) is 11.0. The van der Waals surface area contributed by atoms with Crippen molar-refractivity contribution in [2.75, 3.05) is 13.2 Å². The van der Waals surface area contributed by atoms with Crippen molar-refractivity contribution in [3.63, 3.8) is 0 Å². The summed E-state index contributed by atoms with van der Waals surface area (Å²) in [5, 5.41) is 0. The lowest BCUT2D eigenvalue weighted by Gasteiger charge is -2.14. The maximum absolute atomic E-state index is 12.0. The SMILES string of the molecule is CCCCCCCCCCCCCCC(CC(=O)OCC)C(=O)OCC. The van der Waals surface area contributed by atoms with Crippen LogP contribution in [0.2, 0.25) is 0 Å². The van der Waals surface area contributed by atoms with Gasteiger partial charge in [0.05, 0.1) is 25.6 Å². The van der Waals surface area contributed by atoms with E-state index < -0.39 is 0 Å². The molecule has 4 nitrogen and oxygen atoms in total. The summed E-state index contributed by atoms with van der Waals surface area (Å²) in [7, 11) is 0. The summed E-state index contributed by atoms with van der Waals surface area (Å²) in [6.45, 7) is 6.54. The zero-order valence-corrected chi connectivity index (χ0v) is 17.5. The Morgan fingerprint density at radius 3 is 1.58 bits per heavy atom. The molecule has 0 fully saturated rings. The largest absolute Gasteiger partial charge is 0.466 e. The summed E-state index contributed by atoms with van der Waals surface area (Å²) in [4.78, 5) is 23.6. The highest BCUT2D eigenvalue weighted by Gasteiger charge is 2.23. The Labute approximate surface area is 161 Å². The molecule has 26 heavy (non-hydrogen) atoms. The van der Waals surface area contributed by atoms with E-state index in [0.717, 1.165) is 19.3 Å². The molecule has 0 aromatic carbocycles. The molecule has 0 aromatic heterocycles. The third-order valence-corrected chi connectivity index (χ3v) is 4.74. The van der Waals surface area contributed by atoms with E-state index in [1.165, 1.54) is 64.2 Å². The standard InChI is InChI=1S/C22H42O4/c1-4-7-8-9-10-11-12-13-14-15-16-17-18-20(22(24)26-6-3)19-21(23)25-5-2/h20H,4-19H2,1-3H3. The molecule has 0 N–H and O–H groups in total. The molecule has 0 heterocycles. The van der Waals surface area contributed by atoms with Gasteiger partial charge in [0, 0.05) is 0 Å². The molecule has 1 atom stereocenters. The van der Waals surface area contributed by atoms with Gasteiger partial charge in [0.15, 0.2) is 0 Å². The van der Waals surface area contributed by atoms with Crippen molar-refractivity contribution in [2.45, 2.75) is 111 Å². The lowest BCUT2D eigenvalue weighted by Crippen LogP contribution is -2.22. The second-order valence-corrected chi connectivity index (χ2v) is 7.14. The average molecular weight is 371 g/mol. The summed E-state index contributed by atoms with van der Waals surface area (Å²) in [5.41, 5.74) is 0. The fourth-order valence-corrected chi connectivity index (χ4v) is 3.22. The molecule has 0 spiro atoms. The molecule has 0 bridgehead atoms. The van der Waals surface area contributed by atoms with E-state index in [1.54, 1.807) is 13.8 Å². The summed E-state index contributed by atoms with van der Waals surface area (Å²) in [6.07, 6.45) is 16.3. The van der Waals surface area contributed by atoms with Gasteiger partial charge in [-0.2, -0.15) is 0 Å². The monoisotopic (exact) mass is 370 g/mol. The van der Waals surface area contributed by atoms with Crippen LogP contribution in [0.3, 0.4) is 0 Å². The Bertz CT molecular complexity index is 341. The van der Waals surface area contributed by atoms with Crippen LogP contribution in [-0.2, 0) is 19.1 Å². The normalized spacial score (nSPS) is 12.0. The van der Waals surface area contributed by atoms with Crippen LogP contribution in [0, 0.1) is 5.92 Å². The maximum Gasteiger partial charge on any atom is 0.309 e. The van der Waals surface area contributed by atoms with Gasteiger partial charge in [0.2, 0.25) is 0 Å². The lowest BCUT2D eigenvalue weighted by molar-refractivity contribution is -0.155. The Hall–Kier alpha value is -1.06. The molecule has 154 valence electrons. The van der Waals surface area contributed by atoms with Gasteiger partial charge < -0.3 is 9.47 Å². The molecule has 0 aliphatic carbocycles. The zero-order chi connectivity index (χ0) is 19.5. The molecule has 0 rings (SSSR count). The van der Waals surface area contributed by atoms with Crippen molar-refractivity contribution in [2.24, 2.45) is 5.92 Å². The molecule has 0 aliphatic rings. The van der Waals surface area contributed by atoms with Gasteiger partial charge in [-0.05, 0) is 20.3 Å². The number of ether oxygens (including phenoxy) is 2. The van der Waals surface area contributed by atoms with Gasteiger partial charge in [-0.1, -0.05) is 84.0 Å². The number of rotatable bonds is 18. The van der Waals surface area contributed by atoms with Crippen LogP contribution >= 0.6 is 0 Å². The van der Waals surface area contributed by atoms with Crippen LogP contribution in [0.5, 0.6) is 0 Å². The fraction of sp³-hybridized carbons (Fsp3) is 0.909. The van der Waals surface area contributed by atoms with E-state index in [9.17, 15) is 9.59 Å². The van der Waals surface area contributed by atoms with Gasteiger partial charge in [-0.25, -0.2) is 0 Å². The molecular weight excluding hydrogens is 328 g/mol. The Kier molecular flexibility index (Phi) is 18.0. The van der Waals surface area contributed by atoms with Gasteiger partial charge in [-0.3, -0.25) is 9.59 Å². The third-order valence-electron chi connectivity index (χ3n) is 4.74. The summed E-state index contributed by atoms with van der Waals surface area (Å²) < 4.78 is 10.1. The molecule has 0 saturated heterocycles. The van der Waals surface area contributed by atoms with E-state index in [1.807, 2.05) is 0 Å². The molecule has 0 aromatic rings. The number of unbranched alkanes of at least 4 members (excludes halogenated alkanes) is 11. The van der Waals surface area contributed by atoms with Crippen molar-refractivity contribution in [1.82, 2.24) is 0 Å². The van der Waals surface area contributed by atoms with Gasteiger partial charge in [0.1, 0.15) is 0 Å². The number of hydrogen-bond acceptors (Lipinski definition) is 4. The highest BCUT2D eigenvalue weighted by atomic mass is 16.5. The molecular formula is C22H42O4. The third kappa shape index (κ3) is 15.2. The topological polar surface area (TPSA) is 52.6 Å². The molecule has 0 saturated carbocycles. The van der Waals surface area contributed by atoms with Gasteiger partial charge >= 0.3 is 11.9 Å². The smallest absolute Gasteiger partial charge is 0.309 e. The first-order valence-corrected chi connectivity index (χ1v) is 11.0. The highest BCUT2D eigenvalue weighted by Crippen LogP contribution is 2.18. The summed E-state index contributed by atoms with van der Waals surface area (Å²) >= 11 is 0. The first kappa shape index (κ1) is 24.9. The van der Waals surface area contributed by atoms with Gasteiger partial charge in [0.25, 0.3) is 0 Å². The fourth-order valence-electron chi connectivity index (χ4n) is 3.22. The predicted molar refractivity (Wildman–Crippen MR) is 107 cm³/mol. The van der Waals surface area contributed by atoms with Crippen LogP contribution in [0.1, 0.15) is 111 Å². The number of esters is 2. The molecule has 1 unspecified atom stereocenters. The van der Waals surface area contributed by atoms with E-state index in [0.29, 0.717) is 13.2 Å². The van der Waals surface area contributed by atoms with Crippen molar-refractivity contribution in [1.29, 1.82) is 0 Å². The van der Waals surface area contributed by atoms with E-state index >= 15 is 0 Å². The first-order chi connectivity index (χ1) is 12.7. The van der Waals surface area contributed by atoms with Crippen LogP contribution in [-0.4, -0.2) is 25.2 Å². The Morgan fingerprint density at radius 2 is 1.12 bits per heavy atom. The number of carbonyl (C=O) groups is 2. The van der Waals surface area contributed by atoms with Crippen LogP contribution < -0.4 is 0 Å². The van der Waals surface area contributed by atoms with Crippen molar-refractivity contribution in [3.8, 4) is 0 Å². The number of hydrogen-bond donors (Lipinski definition) is 0. The minimum atomic E-state index is -0.350. The maximum atomic E-state index is 12.0. The zero-order valence-electron chi connectivity index (χ0n) is 17.5. The Balaban J connectivity index is 3.71. The van der Waals surface area contributed by atoms with Crippen LogP contribution in [0.4, 0.5) is 0 Å². The van der Waals surface area contributed by atoms with Crippen molar-refractivity contribution < 1.29 is 19.1 Å². The second-order valence-electron chi connectivity index (χ2n) is 7.14. The summed E-state index contributed by atoms with van der Waals surface area (Å²) in [6, 6.07) is 0. The number of carbonyl (C=O) groups excluding carboxylic acids is 2. The second kappa shape index (κ2) is 18.7. The van der Waals surface area contributed by atoms with Gasteiger partial charge in [-0.15, -0.1) is 0 Å². The molecule has 0 radical (unpaired) electrons. The molecule has 4 heteroatoms. The lowest BCUT2D eigenvalue weighted by atomic mass is 9.97. The van der Waals surface area contributed by atoms with Crippen molar-refractivity contribution >= 4 is 11.9 Å². The average Bonchev–Trinajstić information content (AvgIpc) is 2.62. The quantitative estimate of drug-likeness (QED) is 0.212. The van der Waals surface area contributed by atoms with E-state index in [4.69, 9.17) is 9.47 Å².